The van der Waals surface area contributed by atoms with Gasteiger partial charge in [-0.05, 0) is 37.1 Å². The van der Waals surface area contributed by atoms with Crippen molar-refractivity contribution in [3.05, 3.63) is 63.2 Å². The van der Waals surface area contributed by atoms with E-state index < -0.39 is 14.9 Å². The maximum atomic E-state index is 13.0. The van der Waals surface area contributed by atoms with Gasteiger partial charge in [-0.2, -0.15) is 4.31 Å². The molecular formula is C21H23ClN4O5S. The lowest BCUT2D eigenvalue weighted by Gasteiger charge is -2.34. The zero-order chi connectivity index (χ0) is 22.9. The Morgan fingerprint density at radius 3 is 2.25 bits per heavy atom. The summed E-state index contributed by atoms with van der Waals surface area (Å²) in [4.78, 5) is 27.7. The number of nitro benzene ring substituents is 1. The third kappa shape index (κ3) is 4.30. The maximum Gasteiger partial charge on any atom is 0.293 e. The summed E-state index contributed by atoms with van der Waals surface area (Å²) in [6, 6.07) is 10.8. The molecule has 2 aliphatic heterocycles. The van der Waals surface area contributed by atoms with Crippen LogP contribution in [-0.4, -0.2) is 67.7 Å². The Morgan fingerprint density at radius 1 is 0.969 bits per heavy atom. The second kappa shape index (κ2) is 9.05. The number of halogens is 1. The number of carbonyl (C=O) groups is 1. The van der Waals surface area contributed by atoms with Crippen molar-refractivity contribution >= 4 is 38.9 Å². The van der Waals surface area contributed by atoms with E-state index in [0.717, 1.165) is 25.9 Å². The predicted octanol–water partition coefficient (Wildman–Crippen LogP) is 3.00. The zero-order valence-corrected chi connectivity index (χ0v) is 18.9. The summed E-state index contributed by atoms with van der Waals surface area (Å²) >= 11 is 6.06. The van der Waals surface area contributed by atoms with Crippen LogP contribution in [0.25, 0.3) is 0 Å². The van der Waals surface area contributed by atoms with Crippen LogP contribution in [0.4, 0.5) is 11.4 Å². The molecule has 2 heterocycles. The molecule has 11 heteroatoms. The molecule has 0 radical (unpaired) electrons. The minimum Gasteiger partial charge on any atom is -0.366 e. The number of amides is 1. The number of piperazine rings is 1. The molecule has 0 spiro atoms. The van der Waals surface area contributed by atoms with Gasteiger partial charge in [0.2, 0.25) is 10.0 Å². The number of anilines is 1. The van der Waals surface area contributed by atoms with Crippen LogP contribution in [0.2, 0.25) is 5.02 Å². The number of hydrogen-bond donors (Lipinski definition) is 0. The molecule has 4 rings (SSSR count). The van der Waals surface area contributed by atoms with Gasteiger partial charge in [-0.1, -0.05) is 23.7 Å². The summed E-state index contributed by atoms with van der Waals surface area (Å²) in [6.45, 7) is 2.13. The van der Waals surface area contributed by atoms with E-state index in [0.29, 0.717) is 5.69 Å². The van der Waals surface area contributed by atoms with E-state index >= 15 is 0 Å². The average Bonchev–Trinajstić information content (AvgIpc) is 3.33. The molecule has 0 aliphatic carbocycles. The molecule has 170 valence electrons. The monoisotopic (exact) mass is 478 g/mol. The highest BCUT2D eigenvalue weighted by molar-refractivity contribution is 7.89. The number of rotatable bonds is 5. The van der Waals surface area contributed by atoms with Crippen molar-refractivity contribution in [1.82, 2.24) is 9.21 Å². The molecule has 1 amide bonds. The van der Waals surface area contributed by atoms with E-state index in [4.69, 9.17) is 11.6 Å². The smallest absolute Gasteiger partial charge is 0.293 e. The van der Waals surface area contributed by atoms with Crippen LogP contribution in [0.5, 0.6) is 0 Å². The fourth-order valence-corrected chi connectivity index (χ4v) is 6.05. The summed E-state index contributed by atoms with van der Waals surface area (Å²) in [5, 5.41) is 11.8. The topological polar surface area (TPSA) is 104 Å². The number of sulfonamides is 1. The van der Waals surface area contributed by atoms with Gasteiger partial charge in [0, 0.05) is 50.9 Å². The highest BCUT2D eigenvalue weighted by Crippen LogP contribution is 2.32. The van der Waals surface area contributed by atoms with Crippen LogP contribution in [-0.2, 0) is 10.0 Å². The minimum atomic E-state index is -3.77. The fourth-order valence-electron chi connectivity index (χ4n) is 4.14. The third-order valence-corrected chi connectivity index (χ3v) is 8.24. The molecule has 2 saturated heterocycles. The summed E-state index contributed by atoms with van der Waals surface area (Å²) in [5.41, 5.74) is 0.666. The van der Waals surface area contributed by atoms with Crippen molar-refractivity contribution in [2.75, 3.05) is 44.2 Å². The van der Waals surface area contributed by atoms with Crippen LogP contribution >= 0.6 is 11.6 Å². The van der Waals surface area contributed by atoms with Crippen LogP contribution < -0.4 is 4.90 Å². The normalized spacial score (nSPS) is 17.5. The van der Waals surface area contributed by atoms with E-state index in [1.165, 1.54) is 27.4 Å². The van der Waals surface area contributed by atoms with E-state index in [-0.39, 0.29) is 53.3 Å². The third-order valence-electron chi connectivity index (χ3n) is 5.85. The lowest BCUT2D eigenvalue weighted by Crippen LogP contribution is -2.50. The lowest BCUT2D eigenvalue weighted by atomic mass is 10.1. The molecule has 9 nitrogen and oxygen atoms in total. The van der Waals surface area contributed by atoms with Crippen molar-refractivity contribution < 1.29 is 18.1 Å². The van der Waals surface area contributed by atoms with Crippen molar-refractivity contribution in [2.45, 2.75) is 17.7 Å². The molecule has 32 heavy (non-hydrogen) atoms. The molecule has 2 aromatic carbocycles. The van der Waals surface area contributed by atoms with Crippen molar-refractivity contribution in [2.24, 2.45) is 0 Å². The lowest BCUT2D eigenvalue weighted by molar-refractivity contribution is -0.384. The number of nitrogens with zero attached hydrogens (tertiary/aromatic N) is 4. The highest BCUT2D eigenvalue weighted by atomic mass is 35.5. The van der Waals surface area contributed by atoms with Crippen LogP contribution in [0, 0.1) is 10.1 Å². The average molecular weight is 479 g/mol. The Kier molecular flexibility index (Phi) is 6.36. The minimum absolute atomic E-state index is 0.0366. The molecule has 0 atom stereocenters. The largest absolute Gasteiger partial charge is 0.366 e. The summed E-state index contributed by atoms with van der Waals surface area (Å²) in [5.74, 6) is -0.351. The fraction of sp³-hybridized carbons (Fsp3) is 0.381. The number of hydrogen-bond acceptors (Lipinski definition) is 6. The van der Waals surface area contributed by atoms with Crippen molar-refractivity contribution in [3.63, 3.8) is 0 Å². The van der Waals surface area contributed by atoms with Gasteiger partial charge < -0.3 is 9.80 Å². The molecule has 0 unspecified atom stereocenters. The Hall–Kier alpha value is -2.69. The van der Waals surface area contributed by atoms with Crippen LogP contribution in [0.1, 0.15) is 23.2 Å². The first kappa shape index (κ1) is 22.5. The van der Waals surface area contributed by atoms with Crippen molar-refractivity contribution in [3.8, 4) is 0 Å². The first-order valence-electron chi connectivity index (χ1n) is 10.4. The second-order valence-electron chi connectivity index (χ2n) is 7.78. The SMILES string of the molecule is O=C(c1ccc(N2CCCC2)c([N+](=O)[O-])c1)N1CCN(S(=O)(=O)c2ccccc2Cl)CC1. The molecule has 2 fully saturated rings. The Bertz CT molecular complexity index is 1140. The van der Waals surface area contributed by atoms with Crippen molar-refractivity contribution in [1.29, 1.82) is 0 Å². The van der Waals surface area contributed by atoms with E-state index in [2.05, 4.69) is 0 Å². The number of carbonyl (C=O) groups excluding carboxylic acids is 1. The van der Waals surface area contributed by atoms with E-state index in [1.54, 1.807) is 24.3 Å². The van der Waals surface area contributed by atoms with Gasteiger partial charge in [0.1, 0.15) is 10.6 Å². The van der Waals surface area contributed by atoms with Gasteiger partial charge in [0.15, 0.2) is 0 Å². The Morgan fingerprint density at radius 2 is 1.62 bits per heavy atom. The van der Waals surface area contributed by atoms with Gasteiger partial charge in [-0.25, -0.2) is 8.42 Å². The van der Waals surface area contributed by atoms with Gasteiger partial charge in [0.05, 0.1) is 9.95 Å². The molecular weight excluding hydrogens is 456 g/mol. The molecule has 0 aromatic heterocycles. The van der Waals surface area contributed by atoms with E-state index in [1.807, 2.05) is 4.90 Å². The summed E-state index contributed by atoms with van der Waals surface area (Å²) in [7, 11) is -3.77. The Balaban J connectivity index is 1.48. The first-order valence-corrected chi connectivity index (χ1v) is 12.2. The summed E-state index contributed by atoms with van der Waals surface area (Å²) in [6.07, 6.45) is 1.97. The molecule has 2 aliphatic rings. The maximum absolute atomic E-state index is 13.0. The standard InChI is InChI=1S/C21H23ClN4O5S/c22-17-5-1-2-6-20(17)32(30,31)25-13-11-24(12-14-25)21(27)16-7-8-18(19(15-16)26(28)29)23-9-3-4-10-23/h1-2,5-8,15H,3-4,9-14H2. The zero-order valence-electron chi connectivity index (χ0n) is 17.3. The first-order chi connectivity index (χ1) is 15.3. The quantitative estimate of drug-likeness (QED) is 0.483. The van der Waals surface area contributed by atoms with Gasteiger partial charge in [0.25, 0.3) is 11.6 Å². The van der Waals surface area contributed by atoms with Crippen LogP contribution in [0.15, 0.2) is 47.4 Å². The Labute approximate surface area is 191 Å². The van der Waals surface area contributed by atoms with E-state index in [9.17, 15) is 23.3 Å². The van der Waals surface area contributed by atoms with Crippen LogP contribution in [0.3, 0.4) is 0 Å². The molecule has 0 saturated carbocycles. The van der Waals surface area contributed by atoms with Gasteiger partial charge >= 0.3 is 0 Å². The summed E-state index contributed by atoms with van der Waals surface area (Å²) < 4.78 is 27.1. The predicted molar refractivity (Wildman–Crippen MR) is 121 cm³/mol. The number of nitro groups is 1. The van der Waals surface area contributed by atoms with Gasteiger partial charge in [-0.3, -0.25) is 14.9 Å². The molecule has 2 aromatic rings. The number of benzene rings is 2. The molecule has 0 N–H and O–H groups in total. The highest BCUT2D eigenvalue weighted by Gasteiger charge is 2.32. The molecule has 0 bridgehead atoms. The van der Waals surface area contributed by atoms with Gasteiger partial charge in [-0.15, -0.1) is 0 Å². The second-order valence-corrected chi connectivity index (χ2v) is 10.1.